The van der Waals surface area contributed by atoms with Gasteiger partial charge in [0.05, 0.1) is 6.54 Å². The molecule has 112 valence electrons. The van der Waals surface area contributed by atoms with Crippen LogP contribution in [0.2, 0.25) is 0 Å². The quantitative estimate of drug-likeness (QED) is 0.662. The highest BCUT2D eigenvalue weighted by atomic mass is 16.5. The molecule has 0 bridgehead atoms. The van der Waals surface area contributed by atoms with Crippen LogP contribution in [0.15, 0.2) is 48.5 Å². The van der Waals surface area contributed by atoms with Crippen LogP contribution in [0.1, 0.15) is 21.6 Å². The van der Waals surface area contributed by atoms with E-state index in [0.717, 1.165) is 39.8 Å². The van der Waals surface area contributed by atoms with Gasteiger partial charge in [0, 0.05) is 22.2 Å². The van der Waals surface area contributed by atoms with E-state index in [1.165, 1.54) is 0 Å². The molecule has 1 heterocycles. The number of ether oxygens (including phenoxy) is 1. The van der Waals surface area contributed by atoms with Crippen molar-refractivity contribution in [3.05, 3.63) is 65.4 Å². The molecule has 0 spiro atoms. The lowest BCUT2D eigenvalue weighted by Gasteiger charge is -2.11. The Morgan fingerprint density at radius 1 is 1.05 bits per heavy atom. The van der Waals surface area contributed by atoms with Crippen LogP contribution in [-0.2, 0) is 6.54 Å². The Kier molecular flexibility index (Phi) is 3.96. The SMILES string of the molecule is Cc1ccccc1OCCn1c(C)c(C=O)c2ccccc21. The van der Waals surface area contributed by atoms with Crippen molar-refractivity contribution in [3.63, 3.8) is 0 Å². The number of carbonyl (C=O) groups is 1. The van der Waals surface area contributed by atoms with Gasteiger partial charge in [0.25, 0.3) is 0 Å². The molecule has 0 unspecified atom stereocenters. The maximum absolute atomic E-state index is 11.3. The normalized spacial score (nSPS) is 10.8. The molecule has 0 atom stereocenters. The van der Waals surface area contributed by atoms with Crippen molar-refractivity contribution in [2.75, 3.05) is 6.61 Å². The summed E-state index contributed by atoms with van der Waals surface area (Å²) in [6.45, 7) is 5.31. The van der Waals surface area contributed by atoms with Gasteiger partial charge in [-0.15, -0.1) is 0 Å². The van der Waals surface area contributed by atoms with Crippen LogP contribution in [0.4, 0.5) is 0 Å². The van der Waals surface area contributed by atoms with E-state index in [-0.39, 0.29) is 0 Å². The van der Waals surface area contributed by atoms with Crippen molar-refractivity contribution in [1.29, 1.82) is 0 Å². The maximum atomic E-state index is 11.3. The minimum absolute atomic E-state index is 0.572. The van der Waals surface area contributed by atoms with Crippen LogP contribution in [0.3, 0.4) is 0 Å². The first-order chi connectivity index (χ1) is 10.7. The Morgan fingerprint density at radius 2 is 1.77 bits per heavy atom. The lowest BCUT2D eigenvalue weighted by Crippen LogP contribution is -2.10. The van der Waals surface area contributed by atoms with Gasteiger partial charge in [0.1, 0.15) is 12.4 Å². The number of carbonyl (C=O) groups excluding carboxylic acids is 1. The van der Waals surface area contributed by atoms with Crippen LogP contribution < -0.4 is 4.74 Å². The van der Waals surface area contributed by atoms with E-state index in [1.54, 1.807) is 0 Å². The molecule has 0 fully saturated rings. The molecule has 22 heavy (non-hydrogen) atoms. The topological polar surface area (TPSA) is 31.2 Å². The molecule has 3 heteroatoms. The molecular formula is C19H19NO2. The van der Waals surface area contributed by atoms with Crippen molar-refractivity contribution >= 4 is 17.2 Å². The largest absolute Gasteiger partial charge is 0.491 e. The summed E-state index contributed by atoms with van der Waals surface area (Å²) < 4.78 is 8.03. The van der Waals surface area contributed by atoms with Crippen molar-refractivity contribution in [2.45, 2.75) is 20.4 Å². The van der Waals surface area contributed by atoms with Gasteiger partial charge in [0.15, 0.2) is 6.29 Å². The Morgan fingerprint density at radius 3 is 2.55 bits per heavy atom. The number of fused-ring (bicyclic) bond motifs is 1. The van der Waals surface area contributed by atoms with Gasteiger partial charge in [-0.05, 0) is 31.5 Å². The average Bonchev–Trinajstić information content (AvgIpc) is 2.81. The number of nitrogens with zero attached hydrogens (tertiary/aromatic N) is 1. The van der Waals surface area contributed by atoms with Crippen molar-refractivity contribution in [3.8, 4) is 5.75 Å². The summed E-state index contributed by atoms with van der Waals surface area (Å²) in [5.41, 5.74) is 3.97. The maximum Gasteiger partial charge on any atom is 0.152 e. The van der Waals surface area contributed by atoms with Gasteiger partial charge in [-0.3, -0.25) is 4.79 Å². The van der Waals surface area contributed by atoms with Crippen molar-refractivity contribution in [2.24, 2.45) is 0 Å². The van der Waals surface area contributed by atoms with E-state index >= 15 is 0 Å². The Balaban J connectivity index is 1.84. The molecule has 3 aromatic rings. The first-order valence-corrected chi connectivity index (χ1v) is 7.44. The summed E-state index contributed by atoms with van der Waals surface area (Å²) in [5, 5.41) is 1.01. The third-order valence-electron chi connectivity index (χ3n) is 4.06. The molecule has 0 aliphatic heterocycles. The fraction of sp³-hybridized carbons (Fsp3) is 0.211. The van der Waals surface area contributed by atoms with E-state index in [2.05, 4.69) is 4.57 Å². The number of benzene rings is 2. The Bertz CT molecular complexity index is 817. The lowest BCUT2D eigenvalue weighted by molar-refractivity contribution is 0.112. The molecular weight excluding hydrogens is 274 g/mol. The van der Waals surface area contributed by atoms with Gasteiger partial charge < -0.3 is 9.30 Å². The summed E-state index contributed by atoms with van der Waals surface area (Å²) in [5.74, 6) is 0.909. The molecule has 0 amide bonds. The summed E-state index contributed by atoms with van der Waals surface area (Å²) in [6.07, 6.45) is 0.941. The second kappa shape index (κ2) is 6.06. The molecule has 0 N–H and O–H groups in total. The van der Waals surface area contributed by atoms with Crippen molar-refractivity contribution < 1.29 is 9.53 Å². The highest BCUT2D eigenvalue weighted by molar-refractivity contribution is 5.99. The zero-order chi connectivity index (χ0) is 15.5. The predicted octanol–water partition coefficient (Wildman–Crippen LogP) is 4.15. The molecule has 0 saturated carbocycles. The van der Waals surface area contributed by atoms with Crippen molar-refractivity contribution in [1.82, 2.24) is 4.57 Å². The van der Waals surface area contributed by atoms with Crippen LogP contribution >= 0.6 is 0 Å². The zero-order valence-electron chi connectivity index (χ0n) is 12.9. The molecule has 0 saturated heterocycles. The van der Waals surface area contributed by atoms with Crippen LogP contribution in [0, 0.1) is 13.8 Å². The summed E-state index contributed by atoms with van der Waals surface area (Å²) in [7, 11) is 0. The minimum Gasteiger partial charge on any atom is -0.491 e. The summed E-state index contributed by atoms with van der Waals surface area (Å²) in [6, 6.07) is 16.0. The number of aromatic nitrogens is 1. The van der Waals surface area contributed by atoms with Gasteiger partial charge in [-0.25, -0.2) is 0 Å². The molecule has 3 nitrogen and oxygen atoms in total. The van der Waals surface area contributed by atoms with E-state index < -0.39 is 0 Å². The summed E-state index contributed by atoms with van der Waals surface area (Å²) >= 11 is 0. The molecule has 0 aliphatic carbocycles. The second-order valence-corrected chi connectivity index (χ2v) is 5.40. The predicted molar refractivity (Wildman–Crippen MR) is 88.7 cm³/mol. The molecule has 0 aliphatic rings. The first kappa shape index (κ1) is 14.4. The third-order valence-corrected chi connectivity index (χ3v) is 4.06. The average molecular weight is 293 g/mol. The van der Waals surface area contributed by atoms with Crippen LogP contribution in [0.25, 0.3) is 10.9 Å². The number of aldehydes is 1. The molecule has 2 aromatic carbocycles. The minimum atomic E-state index is 0.572. The molecule has 3 rings (SSSR count). The third kappa shape index (κ3) is 2.50. The van der Waals surface area contributed by atoms with Gasteiger partial charge >= 0.3 is 0 Å². The number of rotatable bonds is 5. The highest BCUT2D eigenvalue weighted by Gasteiger charge is 2.12. The highest BCUT2D eigenvalue weighted by Crippen LogP contribution is 2.24. The Labute approximate surface area is 130 Å². The molecule has 1 aromatic heterocycles. The van der Waals surface area contributed by atoms with Gasteiger partial charge in [0.2, 0.25) is 0 Å². The van der Waals surface area contributed by atoms with E-state index in [0.29, 0.717) is 13.2 Å². The zero-order valence-corrected chi connectivity index (χ0v) is 12.9. The fourth-order valence-corrected chi connectivity index (χ4v) is 2.86. The van der Waals surface area contributed by atoms with E-state index in [4.69, 9.17) is 4.74 Å². The fourth-order valence-electron chi connectivity index (χ4n) is 2.86. The van der Waals surface area contributed by atoms with Gasteiger partial charge in [-0.1, -0.05) is 36.4 Å². The number of aryl methyl sites for hydroxylation is 1. The van der Waals surface area contributed by atoms with Crippen LogP contribution in [-0.4, -0.2) is 17.5 Å². The number of hydrogen-bond donors (Lipinski definition) is 0. The second-order valence-electron chi connectivity index (χ2n) is 5.40. The van der Waals surface area contributed by atoms with E-state index in [1.807, 2.05) is 62.4 Å². The number of hydrogen-bond acceptors (Lipinski definition) is 2. The standard InChI is InChI=1S/C19H19NO2/c1-14-7-3-6-10-19(14)22-12-11-20-15(2)17(13-21)16-8-4-5-9-18(16)20/h3-10,13H,11-12H2,1-2H3. The Hall–Kier alpha value is -2.55. The van der Waals surface area contributed by atoms with E-state index in [9.17, 15) is 4.79 Å². The molecule has 0 radical (unpaired) electrons. The summed E-state index contributed by atoms with van der Waals surface area (Å²) in [4.78, 5) is 11.3. The first-order valence-electron chi connectivity index (χ1n) is 7.44. The smallest absolute Gasteiger partial charge is 0.152 e. The van der Waals surface area contributed by atoms with Crippen LogP contribution in [0.5, 0.6) is 5.75 Å². The monoisotopic (exact) mass is 293 g/mol. The number of para-hydroxylation sites is 2. The van der Waals surface area contributed by atoms with Gasteiger partial charge in [-0.2, -0.15) is 0 Å². The lowest BCUT2D eigenvalue weighted by atomic mass is 10.1.